The molecule has 0 saturated carbocycles. The van der Waals surface area contributed by atoms with Crippen LogP contribution >= 0.6 is 0 Å². The van der Waals surface area contributed by atoms with Crippen LogP contribution in [-0.2, 0) is 23.9 Å². The number of alkyl carbamates (subject to hydrolysis) is 1. The lowest BCUT2D eigenvalue weighted by Gasteiger charge is -2.29. The standard InChI is InChI=1S/C21H36N4O6/c1-21(2,3)31-20(29)23-15(19(28)25-12-6-8-16(25)18(22)27)9-10-17(26)24-11-5-7-14(24)13-30-4/h14-16H,5-13H2,1-4H3,(H2,22,27)(H,23,29)/t14-,15?,16-/m0/s1. The van der Waals surface area contributed by atoms with Crippen LogP contribution in [0.4, 0.5) is 4.79 Å². The van der Waals surface area contributed by atoms with Crippen molar-refractivity contribution in [3.8, 4) is 0 Å². The molecular weight excluding hydrogens is 404 g/mol. The Morgan fingerprint density at radius 3 is 2.35 bits per heavy atom. The Morgan fingerprint density at radius 2 is 1.74 bits per heavy atom. The predicted molar refractivity (Wildman–Crippen MR) is 113 cm³/mol. The first-order valence-corrected chi connectivity index (χ1v) is 10.9. The van der Waals surface area contributed by atoms with E-state index in [1.54, 1.807) is 32.8 Å². The summed E-state index contributed by atoms with van der Waals surface area (Å²) in [7, 11) is 1.60. The molecule has 2 saturated heterocycles. The van der Waals surface area contributed by atoms with Crippen LogP contribution in [0.3, 0.4) is 0 Å². The molecule has 0 aromatic carbocycles. The van der Waals surface area contributed by atoms with Gasteiger partial charge < -0.3 is 30.3 Å². The Balaban J connectivity index is 2.08. The van der Waals surface area contributed by atoms with Crippen molar-refractivity contribution in [2.45, 2.75) is 83.0 Å². The van der Waals surface area contributed by atoms with E-state index in [9.17, 15) is 19.2 Å². The highest BCUT2D eigenvalue weighted by Crippen LogP contribution is 2.22. The van der Waals surface area contributed by atoms with Gasteiger partial charge in [-0.3, -0.25) is 14.4 Å². The van der Waals surface area contributed by atoms with Crippen molar-refractivity contribution < 1.29 is 28.7 Å². The zero-order valence-electron chi connectivity index (χ0n) is 19.0. The normalized spacial score (nSPS) is 22.3. The number of carbonyl (C=O) groups is 4. The summed E-state index contributed by atoms with van der Waals surface area (Å²) >= 11 is 0. The molecule has 4 amide bonds. The molecule has 3 atom stereocenters. The summed E-state index contributed by atoms with van der Waals surface area (Å²) in [6.07, 6.45) is 2.39. The second-order valence-corrected chi connectivity index (χ2v) is 9.17. The fraction of sp³-hybridized carbons (Fsp3) is 0.810. The lowest BCUT2D eigenvalue weighted by atomic mass is 10.1. The zero-order valence-corrected chi connectivity index (χ0v) is 19.0. The summed E-state index contributed by atoms with van der Waals surface area (Å²) < 4.78 is 10.5. The summed E-state index contributed by atoms with van der Waals surface area (Å²) in [4.78, 5) is 53.2. The van der Waals surface area contributed by atoms with Crippen molar-refractivity contribution >= 4 is 23.8 Å². The molecule has 2 aliphatic rings. The van der Waals surface area contributed by atoms with E-state index in [-0.39, 0.29) is 24.8 Å². The molecule has 0 aliphatic carbocycles. The highest BCUT2D eigenvalue weighted by Gasteiger charge is 2.38. The zero-order chi connectivity index (χ0) is 23.2. The Hall–Kier alpha value is -2.36. The SMILES string of the molecule is COC[C@@H]1CCCN1C(=O)CCC(NC(=O)OC(C)(C)C)C(=O)N1CCC[C@H]1C(N)=O. The van der Waals surface area contributed by atoms with Crippen LogP contribution in [0, 0.1) is 0 Å². The topological polar surface area (TPSA) is 131 Å². The van der Waals surface area contributed by atoms with E-state index in [0.29, 0.717) is 32.5 Å². The molecule has 2 heterocycles. The molecule has 0 spiro atoms. The number of ether oxygens (including phenoxy) is 2. The minimum atomic E-state index is -0.984. The summed E-state index contributed by atoms with van der Waals surface area (Å²) in [6, 6.07) is -1.65. The third kappa shape index (κ3) is 7.09. The minimum absolute atomic E-state index is 0.0308. The predicted octanol–water partition coefficient (Wildman–Crippen LogP) is 0.774. The molecule has 2 rings (SSSR count). The molecule has 10 nitrogen and oxygen atoms in total. The number of methoxy groups -OCH3 is 1. The Morgan fingerprint density at radius 1 is 1.10 bits per heavy atom. The van der Waals surface area contributed by atoms with Crippen LogP contribution in [-0.4, -0.2) is 84.1 Å². The van der Waals surface area contributed by atoms with Gasteiger partial charge in [0.05, 0.1) is 12.6 Å². The fourth-order valence-corrected chi connectivity index (χ4v) is 4.17. The lowest BCUT2D eigenvalue weighted by molar-refractivity contribution is -0.139. The Kier molecular flexibility index (Phi) is 8.67. The van der Waals surface area contributed by atoms with Gasteiger partial charge in [0.1, 0.15) is 17.7 Å². The monoisotopic (exact) mass is 440 g/mol. The van der Waals surface area contributed by atoms with Crippen molar-refractivity contribution in [1.29, 1.82) is 0 Å². The highest BCUT2D eigenvalue weighted by atomic mass is 16.6. The maximum absolute atomic E-state index is 13.2. The number of carbonyl (C=O) groups excluding carboxylic acids is 4. The molecule has 176 valence electrons. The van der Waals surface area contributed by atoms with Crippen molar-refractivity contribution in [3.63, 3.8) is 0 Å². The molecule has 2 fully saturated rings. The molecular formula is C21H36N4O6. The van der Waals surface area contributed by atoms with Crippen LogP contribution in [0.25, 0.3) is 0 Å². The van der Waals surface area contributed by atoms with Gasteiger partial charge in [0.25, 0.3) is 0 Å². The fourth-order valence-electron chi connectivity index (χ4n) is 4.17. The number of amides is 4. The molecule has 3 N–H and O–H groups in total. The molecule has 31 heavy (non-hydrogen) atoms. The van der Waals surface area contributed by atoms with Crippen LogP contribution in [0.5, 0.6) is 0 Å². The third-order valence-electron chi connectivity index (χ3n) is 5.56. The minimum Gasteiger partial charge on any atom is -0.444 e. The average molecular weight is 441 g/mol. The third-order valence-corrected chi connectivity index (χ3v) is 5.56. The van der Waals surface area contributed by atoms with Crippen LogP contribution in [0.15, 0.2) is 0 Å². The van der Waals surface area contributed by atoms with Gasteiger partial charge in [0.2, 0.25) is 17.7 Å². The summed E-state index contributed by atoms with van der Waals surface area (Å²) in [5, 5.41) is 2.59. The first kappa shape index (κ1) is 24.9. The van der Waals surface area contributed by atoms with Crippen LogP contribution in [0.1, 0.15) is 59.3 Å². The molecule has 1 unspecified atom stereocenters. The van der Waals surface area contributed by atoms with Crippen molar-refractivity contribution in [3.05, 3.63) is 0 Å². The Bertz CT molecular complexity index is 677. The number of primary amides is 1. The van der Waals surface area contributed by atoms with Crippen LogP contribution < -0.4 is 11.1 Å². The van der Waals surface area contributed by atoms with E-state index in [2.05, 4.69) is 5.32 Å². The van der Waals surface area contributed by atoms with E-state index >= 15 is 0 Å². The lowest BCUT2D eigenvalue weighted by Crippen LogP contribution is -2.53. The van der Waals surface area contributed by atoms with E-state index < -0.39 is 35.6 Å². The largest absolute Gasteiger partial charge is 0.444 e. The highest BCUT2D eigenvalue weighted by molar-refractivity contribution is 5.91. The molecule has 0 bridgehead atoms. The molecule has 2 aliphatic heterocycles. The van der Waals surface area contributed by atoms with Gasteiger partial charge in [0.15, 0.2) is 0 Å². The molecule has 0 aromatic heterocycles. The maximum atomic E-state index is 13.2. The van der Waals surface area contributed by atoms with E-state index in [4.69, 9.17) is 15.2 Å². The van der Waals surface area contributed by atoms with Gasteiger partial charge in [-0.25, -0.2) is 4.79 Å². The quantitative estimate of drug-likeness (QED) is 0.573. The second-order valence-electron chi connectivity index (χ2n) is 9.17. The number of nitrogens with zero attached hydrogens (tertiary/aromatic N) is 2. The number of nitrogens with one attached hydrogen (secondary N) is 1. The summed E-state index contributed by atoms with van der Waals surface area (Å²) in [5.74, 6) is -1.08. The number of hydrogen-bond acceptors (Lipinski definition) is 6. The summed E-state index contributed by atoms with van der Waals surface area (Å²) in [6.45, 7) is 6.67. The maximum Gasteiger partial charge on any atom is 0.408 e. The number of hydrogen-bond donors (Lipinski definition) is 2. The van der Waals surface area contributed by atoms with Crippen molar-refractivity contribution in [2.24, 2.45) is 5.73 Å². The Labute approximate surface area is 183 Å². The molecule has 0 aromatic rings. The number of likely N-dealkylation sites (tertiary alicyclic amines) is 2. The van der Waals surface area contributed by atoms with Crippen LogP contribution in [0.2, 0.25) is 0 Å². The van der Waals surface area contributed by atoms with Gasteiger partial charge in [-0.2, -0.15) is 0 Å². The average Bonchev–Trinajstić information content (AvgIpc) is 3.32. The van der Waals surface area contributed by atoms with E-state index in [1.807, 2.05) is 0 Å². The second kappa shape index (κ2) is 10.8. The van der Waals surface area contributed by atoms with Crippen molar-refractivity contribution in [2.75, 3.05) is 26.8 Å². The van der Waals surface area contributed by atoms with Gasteiger partial charge in [0, 0.05) is 26.6 Å². The van der Waals surface area contributed by atoms with Crippen molar-refractivity contribution in [1.82, 2.24) is 15.1 Å². The van der Waals surface area contributed by atoms with Gasteiger partial charge >= 0.3 is 6.09 Å². The van der Waals surface area contributed by atoms with Gasteiger partial charge in [-0.1, -0.05) is 0 Å². The first-order chi connectivity index (χ1) is 14.5. The molecule has 0 radical (unpaired) electrons. The number of nitrogens with two attached hydrogens (primary N) is 1. The summed E-state index contributed by atoms with van der Waals surface area (Å²) in [5.41, 5.74) is 4.71. The van der Waals surface area contributed by atoms with Gasteiger partial charge in [-0.05, 0) is 52.9 Å². The van der Waals surface area contributed by atoms with Gasteiger partial charge in [-0.15, -0.1) is 0 Å². The smallest absolute Gasteiger partial charge is 0.408 e. The van der Waals surface area contributed by atoms with E-state index in [0.717, 1.165) is 12.8 Å². The molecule has 10 heteroatoms. The number of rotatable bonds is 8. The van der Waals surface area contributed by atoms with E-state index in [1.165, 1.54) is 4.90 Å². The first-order valence-electron chi connectivity index (χ1n) is 10.9.